The van der Waals surface area contributed by atoms with Gasteiger partial charge in [-0.15, -0.1) is 0 Å². The van der Waals surface area contributed by atoms with Crippen LogP contribution in [0, 0.1) is 0 Å². The zero-order valence-corrected chi connectivity index (χ0v) is 14.5. The summed E-state index contributed by atoms with van der Waals surface area (Å²) in [5.74, 6) is -1.04. The lowest BCUT2D eigenvalue weighted by Crippen LogP contribution is -2.06. The Morgan fingerprint density at radius 2 is 1.07 bits per heavy atom. The first kappa shape index (κ1) is 16.7. The van der Waals surface area contributed by atoms with Gasteiger partial charge >= 0.3 is 5.97 Å². The van der Waals surface area contributed by atoms with E-state index in [0.717, 1.165) is 27.8 Å². The topological polar surface area (TPSA) is 50.2 Å². The predicted molar refractivity (Wildman–Crippen MR) is 108 cm³/mol. The molecule has 0 aliphatic rings. The van der Waals surface area contributed by atoms with Gasteiger partial charge in [0.2, 0.25) is 0 Å². The molecule has 4 rings (SSSR count). The van der Waals surface area contributed by atoms with Gasteiger partial charge < -0.3 is 5.11 Å². The van der Waals surface area contributed by atoms with Crippen LogP contribution in [0.15, 0.2) is 97.2 Å². The van der Waals surface area contributed by atoms with Gasteiger partial charge in [0.1, 0.15) is 0 Å². The standard InChI is InChI=1S/C24H17NO2/c26-24(27)23-22(19-14-8-3-9-15-19)21(18-12-6-2-7-13-18)20(16-25-23)17-10-4-1-5-11-17/h1-16H,(H,26,27). The highest BCUT2D eigenvalue weighted by molar-refractivity contribution is 6.03. The van der Waals surface area contributed by atoms with Crippen LogP contribution in [0.3, 0.4) is 0 Å². The third kappa shape index (κ3) is 3.23. The molecule has 1 heterocycles. The first-order valence-corrected chi connectivity index (χ1v) is 8.68. The molecule has 0 aliphatic carbocycles. The number of pyridine rings is 1. The molecular formula is C24H17NO2. The highest BCUT2D eigenvalue weighted by Gasteiger charge is 2.22. The molecule has 0 aliphatic heterocycles. The third-order valence-corrected chi connectivity index (χ3v) is 4.49. The van der Waals surface area contributed by atoms with Crippen LogP contribution >= 0.6 is 0 Å². The molecule has 0 fully saturated rings. The van der Waals surface area contributed by atoms with Crippen molar-refractivity contribution in [3.05, 3.63) is 103 Å². The second-order valence-corrected chi connectivity index (χ2v) is 6.17. The van der Waals surface area contributed by atoms with E-state index in [1.807, 2.05) is 91.0 Å². The molecule has 1 N–H and O–H groups in total. The van der Waals surface area contributed by atoms with Crippen molar-refractivity contribution < 1.29 is 9.90 Å². The van der Waals surface area contributed by atoms with Crippen LogP contribution in [0.2, 0.25) is 0 Å². The van der Waals surface area contributed by atoms with E-state index in [0.29, 0.717) is 5.56 Å². The number of carboxylic acids is 1. The SMILES string of the molecule is O=C(O)c1ncc(-c2ccccc2)c(-c2ccccc2)c1-c1ccccc1. The van der Waals surface area contributed by atoms with Crippen LogP contribution in [0.1, 0.15) is 10.5 Å². The Kier molecular flexibility index (Phi) is 4.50. The molecular weight excluding hydrogens is 334 g/mol. The third-order valence-electron chi connectivity index (χ3n) is 4.49. The number of aromatic nitrogens is 1. The monoisotopic (exact) mass is 351 g/mol. The highest BCUT2D eigenvalue weighted by Crippen LogP contribution is 2.41. The normalized spacial score (nSPS) is 10.5. The molecule has 0 atom stereocenters. The Bertz CT molecular complexity index is 1080. The van der Waals surface area contributed by atoms with Crippen LogP contribution in [0.25, 0.3) is 33.4 Å². The zero-order chi connectivity index (χ0) is 18.6. The van der Waals surface area contributed by atoms with Crippen molar-refractivity contribution >= 4 is 5.97 Å². The van der Waals surface area contributed by atoms with E-state index in [1.54, 1.807) is 6.20 Å². The molecule has 0 saturated heterocycles. The minimum atomic E-state index is -1.04. The van der Waals surface area contributed by atoms with E-state index >= 15 is 0 Å². The summed E-state index contributed by atoms with van der Waals surface area (Å²) in [6.45, 7) is 0. The number of hydrogen-bond acceptors (Lipinski definition) is 2. The van der Waals surface area contributed by atoms with Crippen LogP contribution in [0.4, 0.5) is 0 Å². The fourth-order valence-electron chi connectivity index (χ4n) is 3.30. The average molecular weight is 351 g/mol. The zero-order valence-electron chi connectivity index (χ0n) is 14.5. The molecule has 3 aromatic carbocycles. The summed E-state index contributed by atoms with van der Waals surface area (Å²) in [5.41, 5.74) is 5.26. The van der Waals surface area contributed by atoms with E-state index in [-0.39, 0.29) is 5.69 Å². The van der Waals surface area contributed by atoms with Gasteiger partial charge in [-0.2, -0.15) is 0 Å². The first-order valence-electron chi connectivity index (χ1n) is 8.68. The van der Waals surface area contributed by atoms with E-state index in [9.17, 15) is 9.90 Å². The molecule has 130 valence electrons. The molecule has 0 radical (unpaired) electrons. The molecule has 4 aromatic rings. The fraction of sp³-hybridized carbons (Fsp3) is 0. The van der Waals surface area contributed by atoms with E-state index in [4.69, 9.17) is 0 Å². The van der Waals surface area contributed by atoms with Crippen LogP contribution in [-0.2, 0) is 0 Å². The minimum Gasteiger partial charge on any atom is -0.476 e. The Balaban J connectivity index is 2.13. The van der Waals surface area contributed by atoms with Crippen LogP contribution < -0.4 is 0 Å². The van der Waals surface area contributed by atoms with Gasteiger partial charge in [-0.25, -0.2) is 9.78 Å². The van der Waals surface area contributed by atoms with Crippen molar-refractivity contribution in [3.8, 4) is 33.4 Å². The largest absolute Gasteiger partial charge is 0.476 e. The Labute approximate surface area is 157 Å². The Hall–Kier alpha value is -3.72. The first-order chi connectivity index (χ1) is 13.3. The lowest BCUT2D eigenvalue weighted by Gasteiger charge is -2.17. The van der Waals surface area contributed by atoms with Crippen molar-refractivity contribution in [2.45, 2.75) is 0 Å². The molecule has 0 bridgehead atoms. The van der Waals surface area contributed by atoms with E-state index in [1.165, 1.54) is 0 Å². The maximum absolute atomic E-state index is 12.0. The van der Waals surface area contributed by atoms with E-state index in [2.05, 4.69) is 4.98 Å². The molecule has 3 heteroatoms. The summed E-state index contributed by atoms with van der Waals surface area (Å²) in [6, 6.07) is 29.4. The molecule has 1 aromatic heterocycles. The highest BCUT2D eigenvalue weighted by atomic mass is 16.4. The Morgan fingerprint density at radius 3 is 1.56 bits per heavy atom. The molecule has 0 saturated carbocycles. The number of hydrogen-bond donors (Lipinski definition) is 1. The number of carboxylic acid groups (broad SMARTS) is 1. The summed E-state index contributed by atoms with van der Waals surface area (Å²) >= 11 is 0. The van der Waals surface area contributed by atoms with Gasteiger partial charge in [0.05, 0.1) is 0 Å². The molecule has 27 heavy (non-hydrogen) atoms. The van der Waals surface area contributed by atoms with E-state index < -0.39 is 5.97 Å². The average Bonchev–Trinajstić information content (AvgIpc) is 2.74. The van der Waals surface area contributed by atoms with Crippen molar-refractivity contribution in [2.24, 2.45) is 0 Å². The maximum atomic E-state index is 12.0. The second kappa shape index (κ2) is 7.26. The van der Waals surface area contributed by atoms with Gasteiger partial charge in [-0.05, 0) is 16.7 Å². The maximum Gasteiger partial charge on any atom is 0.355 e. The van der Waals surface area contributed by atoms with Gasteiger partial charge in [-0.1, -0.05) is 91.0 Å². The lowest BCUT2D eigenvalue weighted by atomic mass is 9.87. The molecule has 3 nitrogen and oxygen atoms in total. The fourth-order valence-corrected chi connectivity index (χ4v) is 3.30. The second-order valence-electron chi connectivity index (χ2n) is 6.17. The van der Waals surface area contributed by atoms with Crippen LogP contribution in [-0.4, -0.2) is 16.1 Å². The number of benzene rings is 3. The summed E-state index contributed by atoms with van der Waals surface area (Å²) in [5, 5.41) is 9.80. The van der Waals surface area contributed by atoms with Gasteiger partial charge in [0.25, 0.3) is 0 Å². The van der Waals surface area contributed by atoms with Crippen molar-refractivity contribution in [1.29, 1.82) is 0 Å². The molecule has 0 amide bonds. The van der Waals surface area contributed by atoms with Crippen molar-refractivity contribution in [1.82, 2.24) is 4.98 Å². The number of carbonyl (C=O) groups is 1. The van der Waals surface area contributed by atoms with Crippen molar-refractivity contribution in [3.63, 3.8) is 0 Å². The van der Waals surface area contributed by atoms with Gasteiger partial charge in [0.15, 0.2) is 5.69 Å². The molecule has 0 unspecified atom stereocenters. The quantitative estimate of drug-likeness (QED) is 0.507. The molecule has 0 spiro atoms. The summed E-state index contributed by atoms with van der Waals surface area (Å²) in [7, 11) is 0. The summed E-state index contributed by atoms with van der Waals surface area (Å²) in [6.07, 6.45) is 1.66. The van der Waals surface area contributed by atoms with Crippen molar-refractivity contribution in [2.75, 3.05) is 0 Å². The number of aromatic carboxylic acids is 1. The summed E-state index contributed by atoms with van der Waals surface area (Å²) in [4.78, 5) is 16.3. The number of nitrogens with zero attached hydrogens (tertiary/aromatic N) is 1. The van der Waals surface area contributed by atoms with Gasteiger partial charge in [-0.3, -0.25) is 0 Å². The number of rotatable bonds is 4. The predicted octanol–water partition coefficient (Wildman–Crippen LogP) is 5.78. The smallest absolute Gasteiger partial charge is 0.355 e. The minimum absolute atomic E-state index is 0.0553. The van der Waals surface area contributed by atoms with Gasteiger partial charge in [0, 0.05) is 22.9 Å². The van der Waals surface area contributed by atoms with Crippen LogP contribution in [0.5, 0.6) is 0 Å². The Morgan fingerprint density at radius 1 is 0.630 bits per heavy atom. The lowest BCUT2D eigenvalue weighted by molar-refractivity contribution is 0.0691. The summed E-state index contributed by atoms with van der Waals surface area (Å²) < 4.78 is 0.